The van der Waals surface area contributed by atoms with Gasteiger partial charge in [-0.05, 0) is 67.3 Å². The third-order valence-electron chi connectivity index (χ3n) is 6.39. The van der Waals surface area contributed by atoms with E-state index in [0.717, 1.165) is 23.0 Å². The highest BCUT2D eigenvalue weighted by Crippen LogP contribution is 2.45. The van der Waals surface area contributed by atoms with Gasteiger partial charge in [-0.1, -0.05) is 6.92 Å². The minimum absolute atomic E-state index is 0.00677. The Morgan fingerprint density at radius 1 is 0.902 bits per heavy atom. The van der Waals surface area contributed by atoms with Crippen molar-refractivity contribution in [3.05, 3.63) is 64.2 Å². The van der Waals surface area contributed by atoms with Crippen LogP contribution in [0, 0.1) is 0 Å². The summed E-state index contributed by atoms with van der Waals surface area (Å²) in [5.41, 5.74) is -5.30. The standard InChI is InChI=1S/C26H25F9N2O4/c1-4-7-41-23(39)37-14(2)8-21(19-12-16(24(27,28)29)5-6-20(19)37)36(22(38)40-3)13-15-9-17(25(30,31)32)11-18(10-15)26(33,34)35/h5-6,9-12,14,21H,4,7-8,13H2,1-3H3/t14-,21+/m1/s1. The predicted molar refractivity (Wildman–Crippen MR) is 127 cm³/mol. The van der Waals surface area contributed by atoms with Gasteiger partial charge in [0.25, 0.3) is 0 Å². The Balaban J connectivity index is 2.18. The van der Waals surface area contributed by atoms with E-state index in [9.17, 15) is 49.1 Å². The lowest BCUT2D eigenvalue weighted by Gasteiger charge is -2.42. The van der Waals surface area contributed by atoms with Crippen LogP contribution in [0.15, 0.2) is 36.4 Å². The van der Waals surface area contributed by atoms with E-state index in [0.29, 0.717) is 30.7 Å². The topological polar surface area (TPSA) is 59.1 Å². The Morgan fingerprint density at radius 3 is 1.95 bits per heavy atom. The van der Waals surface area contributed by atoms with E-state index >= 15 is 0 Å². The first-order valence-corrected chi connectivity index (χ1v) is 12.2. The van der Waals surface area contributed by atoms with E-state index in [1.165, 1.54) is 6.92 Å². The van der Waals surface area contributed by atoms with Gasteiger partial charge in [0, 0.05) is 12.6 Å². The second-order valence-electron chi connectivity index (χ2n) is 9.37. The third kappa shape index (κ3) is 7.17. The van der Waals surface area contributed by atoms with Crippen LogP contribution in [0.5, 0.6) is 0 Å². The van der Waals surface area contributed by atoms with Gasteiger partial charge in [0.1, 0.15) is 0 Å². The number of benzene rings is 2. The number of nitrogens with zero attached hydrogens (tertiary/aromatic N) is 2. The fourth-order valence-electron chi connectivity index (χ4n) is 4.57. The third-order valence-corrected chi connectivity index (χ3v) is 6.39. The number of ether oxygens (including phenoxy) is 2. The van der Waals surface area contributed by atoms with Crippen LogP contribution in [0.1, 0.15) is 60.5 Å². The highest BCUT2D eigenvalue weighted by Gasteiger charge is 2.42. The SMILES string of the molecule is CCCOC(=O)N1c2ccc(C(F)(F)F)cc2[C@@H](N(Cc2cc(C(F)(F)F)cc(C(F)(F)F)c2)C(=O)OC)C[C@H]1C. The van der Waals surface area contributed by atoms with Gasteiger partial charge >= 0.3 is 30.7 Å². The van der Waals surface area contributed by atoms with Crippen LogP contribution in [-0.2, 0) is 34.5 Å². The van der Waals surface area contributed by atoms with Crippen LogP contribution in [-0.4, -0.2) is 36.8 Å². The molecule has 2 amide bonds. The summed E-state index contributed by atoms with van der Waals surface area (Å²) in [6, 6.07) is 0.975. The number of carbonyl (C=O) groups is 2. The van der Waals surface area contributed by atoms with Crippen molar-refractivity contribution in [1.82, 2.24) is 4.90 Å². The summed E-state index contributed by atoms with van der Waals surface area (Å²) in [6.07, 6.45) is -17.1. The highest BCUT2D eigenvalue weighted by molar-refractivity contribution is 5.90. The van der Waals surface area contributed by atoms with Crippen LogP contribution in [0.4, 0.5) is 54.8 Å². The molecule has 0 N–H and O–H groups in total. The molecule has 0 aromatic heterocycles. The summed E-state index contributed by atoms with van der Waals surface area (Å²) in [7, 11) is 0.899. The van der Waals surface area contributed by atoms with Gasteiger partial charge < -0.3 is 9.47 Å². The van der Waals surface area contributed by atoms with Crippen LogP contribution < -0.4 is 4.90 Å². The van der Waals surface area contributed by atoms with Gasteiger partial charge in [-0.25, -0.2) is 9.59 Å². The zero-order chi connectivity index (χ0) is 30.9. The van der Waals surface area contributed by atoms with Crippen molar-refractivity contribution >= 4 is 17.9 Å². The normalized spacial score (nSPS) is 17.6. The Morgan fingerprint density at radius 2 is 1.46 bits per heavy atom. The maximum absolute atomic E-state index is 13.6. The predicted octanol–water partition coefficient (Wildman–Crippen LogP) is 8.20. The Bertz CT molecular complexity index is 1240. The smallest absolute Gasteiger partial charge is 0.416 e. The molecule has 226 valence electrons. The molecule has 1 aliphatic rings. The molecular weight excluding hydrogens is 575 g/mol. The van der Waals surface area contributed by atoms with Gasteiger partial charge in [0.05, 0.1) is 42.1 Å². The van der Waals surface area contributed by atoms with Crippen LogP contribution >= 0.6 is 0 Å². The number of hydrogen-bond donors (Lipinski definition) is 0. The van der Waals surface area contributed by atoms with E-state index in [1.54, 1.807) is 6.92 Å². The van der Waals surface area contributed by atoms with Crippen LogP contribution in [0.25, 0.3) is 0 Å². The first-order valence-electron chi connectivity index (χ1n) is 12.2. The number of halogens is 9. The van der Waals surface area contributed by atoms with Crippen molar-refractivity contribution in [3.8, 4) is 0 Å². The van der Waals surface area contributed by atoms with Crippen molar-refractivity contribution < 1.29 is 58.6 Å². The molecule has 6 nitrogen and oxygen atoms in total. The molecule has 0 saturated heterocycles. The summed E-state index contributed by atoms with van der Waals surface area (Å²) in [5, 5.41) is 0. The molecule has 0 aliphatic carbocycles. The molecule has 2 aromatic carbocycles. The number of methoxy groups -OCH3 is 1. The van der Waals surface area contributed by atoms with E-state index in [1.807, 2.05) is 0 Å². The minimum Gasteiger partial charge on any atom is -0.453 e. The molecule has 15 heteroatoms. The molecule has 3 rings (SSSR count). The molecule has 0 bridgehead atoms. The number of alkyl halides is 9. The number of rotatable bonds is 5. The largest absolute Gasteiger partial charge is 0.453 e. The highest BCUT2D eigenvalue weighted by atomic mass is 19.4. The first-order chi connectivity index (χ1) is 18.9. The number of carbonyl (C=O) groups excluding carboxylic acids is 2. The monoisotopic (exact) mass is 600 g/mol. The summed E-state index contributed by atoms with van der Waals surface area (Å²) < 4.78 is 131. The fourth-order valence-corrected chi connectivity index (χ4v) is 4.57. The molecule has 0 radical (unpaired) electrons. The minimum atomic E-state index is -5.17. The Labute approximate surface area is 228 Å². The van der Waals surface area contributed by atoms with Crippen molar-refractivity contribution in [2.24, 2.45) is 0 Å². The zero-order valence-corrected chi connectivity index (χ0v) is 21.9. The summed E-state index contributed by atoms with van der Waals surface area (Å²) >= 11 is 0. The molecule has 2 atom stereocenters. The van der Waals surface area contributed by atoms with E-state index in [2.05, 4.69) is 0 Å². The van der Waals surface area contributed by atoms with Crippen molar-refractivity contribution in [2.75, 3.05) is 18.6 Å². The van der Waals surface area contributed by atoms with Gasteiger partial charge in [-0.15, -0.1) is 0 Å². The van der Waals surface area contributed by atoms with Gasteiger partial charge in [0.15, 0.2) is 0 Å². The number of hydrogen-bond acceptors (Lipinski definition) is 4. The maximum Gasteiger partial charge on any atom is 0.416 e. The average Bonchev–Trinajstić information content (AvgIpc) is 2.87. The van der Waals surface area contributed by atoms with Crippen molar-refractivity contribution in [3.63, 3.8) is 0 Å². The fraction of sp³-hybridized carbons (Fsp3) is 0.462. The number of anilines is 1. The number of fused-ring (bicyclic) bond motifs is 1. The van der Waals surface area contributed by atoms with Crippen molar-refractivity contribution in [1.29, 1.82) is 0 Å². The second kappa shape index (κ2) is 11.7. The number of amides is 2. The lowest BCUT2D eigenvalue weighted by molar-refractivity contribution is -0.143. The lowest BCUT2D eigenvalue weighted by atomic mass is 9.89. The first kappa shape index (κ1) is 31.9. The quantitative estimate of drug-likeness (QED) is 0.325. The van der Waals surface area contributed by atoms with Gasteiger partial charge in [0.2, 0.25) is 0 Å². The van der Waals surface area contributed by atoms with E-state index in [-0.39, 0.29) is 30.3 Å². The molecule has 2 aromatic rings. The van der Waals surface area contributed by atoms with Crippen LogP contribution in [0.3, 0.4) is 0 Å². The molecule has 1 aliphatic heterocycles. The Kier molecular flexibility index (Phi) is 9.08. The lowest BCUT2D eigenvalue weighted by Crippen LogP contribution is -2.47. The zero-order valence-electron chi connectivity index (χ0n) is 21.9. The maximum atomic E-state index is 13.6. The van der Waals surface area contributed by atoms with Crippen molar-refractivity contribution in [2.45, 2.75) is 63.8 Å². The van der Waals surface area contributed by atoms with E-state index in [4.69, 9.17) is 9.47 Å². The molecule has 0 unspecified atom stereocenters. The molecular formula is C26H25F9N2O4. The summed E-state index contributed by atoms with van der Waals surface area (Å²) in [5.74, 6) is 0. The molecule has 1 heterocycles. The second-order valence-corrected chi connectivity index (χ2v) is 9.37. The summed E-state index contributed by atoms with van der Waals surface area (Å²) in [6.45, 7) is 2.35. The molecule has 0 saturated carbocycles. The van der Waals surface area contributed by atoms with E-state index < -0.39 is 71.6 Å². The molecule has 0 fully saturated rings. The van der Waals surface area contributed by atoms with Crippen LogP contribution in [0.2, 0.25) is 0 Å². The van der Waals surface area contributed by atoms with Gasteiger partial charge in [-0.3, -0.25) is 9.80 Å². The van der Waals surface area contributed by atoms with Gasteiger partial charge in [-0.2, -0.15) is 39.5 Å². The molecule has 41 heavy (non-hydrogen) atoms. The average molecular weight is 600 g/mol. The molecule has 0 spiro atoms. The Hall–Kier alpha value is -3.65. The summed E-state index contributed by atoms with van der Waals surface area (Å²) in [4.78, 5) is 27.5.